The minimum Gasteiger partial charge on any atom is -0.423 e. The first kappa shape index (κ1) is 8.28. The molecule has 0 aromatic carbocycles. The second-order valence-corrected chi connectivity index (χ2v) is 3.01. The molecule has 0 unspecified atom stereocenters. The van der Waals surface area contributed by atoms with Crippen molar-refractivity contribution in [1.29, 1.82) is 0 Å². The van der Waals surface area contributed by atoms with E-state index in [0.717, 1.165) is 11.2 Å². The summed E-state index contributed by atoms with van der Waals surface area (Å²) in [7, 11) is -1.42. The Labute approximate surface area is 75.6 Å². The monoisotopic (exact) mass is 176 g/mol. The topological polar surface area (TPSA) is 57.8 Å². The van der Waals surface area contributed by atoms with E-state index in [1.54, 1.807) is 18.5 Å². The van der Waals surface area contributed by atoms with E-state index < -0.39 is 7.12 Å². The molecular weight excluding hydrogens is 167 g/mol. The summed E-state index contributed by atoms with van der Waals surface area (Å²) in [4.78, 5) is 4.10. The van der Waals surface area contributed by atoms with Gasteiger partial charge in [0.1, 0.15) is 0 Å². The van der Waals surface area contributed by atoms with E-state index in [-0.39, 0.29) is 0 Å². The van der Waals surface area contributed by atoms with Gasteiger partial charge >= 0.3 is 7.12 Å². The van der Waals surface area contributed by atoms with Gasteiger partial charge in [0.25, 0.3) is 0 Å². The van der Waals surface area contributed by atoms with Crippen molar-refractivity contribution in [2.24, 2.45) is 0 Å². The van der Waals surface area contributed by atoms with Crippen LogP contribution in [0.2, 0.25) is 0 Å². The van der Waals surface area contributed by atoms with E-state index in [1.165, 1.54) is 0 Å². The van der Waals surface area contributed by atoms with Crippen molar-refractivity contribution in [2.75, 3.05) is 0 Å². The standard InChI is InChI=1S/C8H9BN2O2/c1-6-4-11-5-7(9(12)13)2-8(11)3-10-6/h2-5,12-13H,1H3. The largest absolute Gasteiger partial charge is 0.490 e. The highest BCUT2D eigenvalue weighted by atomic mass is 16.4. The Kier molecular flexibility index (Phi) is 1.83. The fourth-order valence-electron chi connectivity index (χ4n) is 1.28. The number of aryl methyl sites for hydroxylation is 1. The number of hydrogen-bond donors (Lipinski definition) is 2. The summed E-state index contributed by atoms with van der Waals surface area (Å²) < 4.78 is 1.82. The molecule has 0 amide bonds. The third-order valence-electron chi connectivity index (χ3n) is 1.93. The fraction of sp³-hybridized carbons (Fsp3) is 0.125. The lowest BCUT2D eigenvalue weighted by Crippen LogP contribution is -2.28. The van der Waals surface area contributed by atoms with Gasteiger partial charge in [0.05, 0.1) is 17.4 Å². The number of rotatable bonds is 1. The number of aromatic nitrogens is 2. The van der Waals surface area contributed by atoms with Crippen LogP contribution in [0.15, 0.2) is 24.7 Å². The van der Waals surface area contributed by atoms with Crippen LogP contribution in [0.4, 0.5) is 0 Å². The van der Waals surface area contributed by atoms with Crippen molar-refractivity contribution in [3.05, 3.63) is 30.4 Å². The Morgan fingerprint density at radius 2 is 2.15 bits per heavy atom. The van der Waals surface area contributed by atoms with E-state index >= 15 is 0 Å². The van der Waals surface area contributed by atoms with E-state index in [2.05, 4.69) is 4.98 Å². The zero-order valence-electron chi connectivity index (χ0n) is 7.18. The van der Waals surface area contributed by atoms with Gasteiger partial charge in [-0.2, -0.15) is 0 Å². The minimum atomic E-state index is -1.42. The molecule has 2 N–H and O–H groups in total. The molecule has 66 valence electrons. The number of hydrogen-bond acceptors (Lipinski definition) is 3. The Morgan fingerprint density at radius 3 is 2.85 bits per heavy atom. The Morgan fingerprint density at radius 1 is 1.38 bits per heavy atom. The molecule has 0 saturated carbocycles. The summed E-state index contributed by atoms with van der Waals surface area (Å²) in [6, 6.07) is 1.69. The molecule has 0 radical (unpaired) electrons. The average molecular weight is 176 g/mol. The molecule has 0 atom stereocenters. The van der Waals surface area contributed by atoms with Crippen molar-refractivity contribution >= 4 is 18.1 Å². The first-order valence-electron chi connectivity index (χ1n) is 3.97. The van der Waals surface area contributed by atoms with E-state index in [4.69, 9.17) is 10.0 Å². The van der Waals surface area contributed by atoms with Crippen LogP contribution in [0.5, 0.6) is 0 Å². The molecule has 0 bridgehead atoms. The second kappa shape index (κ2) is 2.87. The number of nitrogens with zero attached hydrogens (tertiary/aromatic N) is 2. The molecule has 0 saturated heterocycles. The van der Waals surface area contributed by atoms with Crippen LogP contribution in [0.1, 0.15) is 5.69 Å². The van der Waals surface area contributed by atoms with Crippen LogP contribution in [0.3, 0.4) is 0 Å². The molecule has 0 aliphatic rings. The van der Waals surface area contributed by atoms with Crippen LogP contribution < -0.4 is 5.46 Å². The van der Waals surface area contributed by atoms with Gasteiger partial charge in [-0.25, -0.2) is 0 Å². The SMILES string of the molecule is Cc1cn2cc(B(O)O)cc2cn1. The molecule has 5 heteroatoms. The number of fused-ring (bicyclic) bond motifs is 1. The molecule has 0 aliphatic carbocycles. The first-order chi connectivity index (χ1) is 6.16. The van der Waals surface area contributed by atoms with Gasteiger partial charge in [-0.05, 0) is 13.0 Å². The summed E-state index contributed by atoms with van der Waals surface area (Å²) in [6.45, 7) is 1.88. The normalized spacial score (nSPS) is 10.7. The van der Waals surface area contributed by atoms with Gasteiger partial charge in [-0.1, -0.05) is 0 Å². The van der Waals surface area contributed by atoms with Crippen LogP contribution in [0.25, 0.3) is 5.52 Å². The predicted molar refractivity (Wildman–Crippen MR) is 49.8 cm³/mol. The zero-order valence-corrected chi connectivity index (χ0v) is 7.18. The van der Waals surface area contributed by atoms with Crippen molar-refractivity contribution in [2.45, 2.75) is 6.92 Å². The highest BCUT2D eigenvalue weighted by Crippen LogP contribution is 2.02. The Bertz CT molecular complexity index is 439. The maximum absolute atomic E-state index is 8.92. The highest BCUT2D eigenvalue weighted by Gasteiger charge is 2.12. The van der Waals surface area contributed by atoms with Crippen molar-refractivity contribution in [1.82, 2.24) is 9.38 Å². The summed E-state index contributed by atoms with van der Waals surface area (Å²) in [6.07, 6.45) is 5.21. The quantitative estimate of drug-likeness (QED) is 0.566. The molecular formula is C8H9BN2O2. The maximum atomic E-state index is 8.92. The Balaban J connectivity index is 2.62. The molecule has 4 nitrogen and oxygen atoms in total. The van der Waals surface area contributed by atoms with Crippen LogP contribution in [-0.4, -0.2) is 26.6 Å². The van der Waals surface area contributed by atoms with Crippen LogP contribution >= 0.6 is 0 Å². The maximum Gasteiger partial charge on any atom is 0.490 e. The molecule has 0 spiro atoms. The summed E-state index contributed by atoms with van der Waals surface area (Å²) >= 11 is 0. The minimum absolute atomic E-state index is 0.479. The summed E-state index contributed by atoms with van der Waals surface area (Å²) in [5, 5.41) is 17.8. The first-order valence-corrected chi connectivity index (χ1v) is 3.97. The van der Waals surface area contributed by atoms with Crippen molar-refractivity contribution in [3.8, 4) is 0 Å². The van der Waals surface area contributed by atoms with Gasteiger partial charge in [-0.3, -0.25) is 4.98 Å². The van der Waals surface area contributed by atoms with Crippen molar-refractivity contribution < 1.29 is 10.0 Å². The molecule has 2 aromatic rings. The van der Waals surface area contributed by atoms with Crippen molar-refractivity contribution in [3.63, 3.8) is 0 Å². The zero-order chi connectivity index (χ0) is 9.42. The third-order valence-corrected chi connectivity index (χ3v) is 1.93. The van der Waals surface area contributed by atoms with Gasteiger partial charge in [-0.15, -0.1) is 0 Å². The smallest absolute Gasteiger partial charge is 0.423 e. The molecule has 2 aromatic heterocycles. The summed E-state index contributed by atoms with van der Waals surface area (Å²) in [5.74, 6) is 0. The molecule has 2 rings (SSSR count). The van der Waals surface area contributed by atoms with Crippen LogP contribution in [-0.2, 0) is 0 Å². The Hall–Kier alpha value is -1.33. The fourth-order valence-corrected chi connectivity index (χ4v) is 1.28. The van der Waals surface area contributed by atoms with E-state index in [0.29, 0.717) is 5.46 Å². The highest BCUT2D eigenvalue weighted by molar-refractivity contribution is 6.58. The lowest BCUT2D eigenvalue weighted by atomic mass is 9.83. The summed E-state index contributed by atoms with van der Waals surface area (Å²) in [5.41, 5.74) is 2.23. The van der Waals surface area contributed by atoms with Gasteiger partial charge in [0, 0.05) is 17.9 Å². The molecule has 2 heterocycles. The second-order valence-electron chi connectivity index (χ2n) is 3.01. The lowest BCUT2D eigenvalue weighted by Gasteiger charge is -1.94. The van der Waals surface area contributed by atoms with E-state index in [1.807, 2.05) is 17.5 Å². The molecule has 0 fully saturated rings. The van der Waals surface area contributed by atoms with Gasteiger partial charge in [0.2, 0.25) is 0 Å². The lowest BCUT2D eigenvalue weighted by molar-refractivity contribution is 0.426. The predicted octanol–water partition coefficient (Wildman–Crippen LogP) is -0.677. The average Bonchev–Trinajstić information content (AvgIpc) is 2.46. The molecule has 13 heavy (non-hydrogen) atoms. The van der Waals surface area contributed by atoms with E-state index in [9.17, 15) is 0 Å². The van der Waals surface area contributed by atoms with Gasteiger partial charge in [0.15, 0.2) is 0 Å². The molecule has 0 aliphatic heterocycles. The van der Waals surface area contributed by atoms with Crippen LogP contribution in [0, 0.1) is 6.92 Å². The van der Waals surface area contributed by atoms with Gasteiger partial charge < -0.3 is 14.4 Å². The third kappa shape index (κ3) is 1.43.